The van der Waals surface area contributed by atoms with Crippen LogP contribution in [0.25, 0.3) is 6.08 Å². The molecule has 0 spiro atoms. The highest BCUT2D eigenvalue weighted by molar-refractivity contribution is 6.07. The fourth-order valence-electron chi connectivity index (χ4n) is 2.98. The summed E-state index contributed by atoms with van der Waals surface area (Å²) in [6.07, 6.45) is 5.38. The van der Waals surface area contributed by atoms with Gasteiger partial charge in [-0.1, -0.05) is 18.2 Å². The molecule has 0 atom stereocenters. The monoisotopic (exact) mass is 365 g/mol. The van der Waals surface area contributed by atoms with Gasteiger partial charge < -0.3 is 14.4 Å². The second-order valence-corrected chi connectivity index (χ2v) is 6.34. The maximum absolute atomic E-state index is 12.3. The van der Waals surface area contributed by atoms with Gasteiger partial charge in [-0.3, -0.25) is 9.59 Å². The molecule has 1 aliphatic heterocycles. The lowest BCUT2D eigenvalue weighted by Crippen LogP contribution is -2.32. The number of methoxy groups -OCH3 is 1. The van der Waals surface area contributed by atoms with Crippen molar-refractivity contribution < 1.29 is 19.1 Å². The average Bonchev–Trinajstić information content (AvgIpc) is 3.26. The van der Waals surface area contributed by atoms with Gasteiger partial charge in [-0.2, -0.15) is 0 Å². The van der Waals surface area contributed by atoms with Crippen LogP contribution in [0.3, 0.4) is 0 Å². The van der Waals surface area contributed by atoms with Crippen LogP contribution in [0.2, 0.25) is 0 Å². The van der Waals surface area contributed by atoms with Crippen LogP contribution in [0.5, 0.6) is 11.5 Å². The zero-order valence-corrected chi connectivity index (χ0v) is 15.4. The predicted octanol–water partition coefficient (Wildman–Crippen LogP) is 3.59. The smallest absolute Gasteiger partial charge is 0.260 e. The van der Waals surface area contributed by atoms with E-state index in [0.717, 1.165) is 31.5 Å². The first-order valence-corrected chi connectivity index (χ1v) is 9.03. The molecule has 1 aliphatic rings. The molecule has 5 nitrogen and oxygen atoms in total. The van der Waals surface area contributed by atoms with E-state index >= 15 is 0 Å². The third-order valence-corrected chi connectivity index (χ3v) is 4.51. The molecule has 0 N–H and O–H groups in total. The Labute approximate surface area is 159 Å². The minimum Gasteiger partial charge on any atom is -0.496 e. The summed E-state index contributed by atoms with van der Waals surface area (Å²) in [5.74, 6) is 1.19. The normalized spacial score (nSPS) is 13.7. The second kappa shape index (κ2) is 9.03. The van der Waals surface area contributed by atoms with E-state index in [4.69, 9.17) is 9.47 Å². The first kappa shape index (κ1) is 18.7. The van der Waals surface area contributed by atoms with Crippen LogP contribution in [0.15, 0.2) is 54.6 Å². The summed E-state index contributed by atoms with van der Waals surface area (Å²) in [5.41, 5.74) is 1.40. The Hall–Kier alpha value is -3.08. The summed E-state index contributed by atoms with van der Waals surface area (Å²) in [7, 11) is 1.60. The number of benzene rings is 2. The molecule has 2 aromatic rings. The van der Waals surface area contributed by atoms with Gasteiger partial charge in [0, 0.05) is 24.2 Å². The summed E-state index contributed by atoms with van der Waals surface area (Å²) in [6, 6.07) is 14.3. The van der Waals surface area contributed by atoms with E-state index in [0.29, 0.717) is 17.1 Å². The Balaban J connectivity index is 1.57. The van der Waals surface area contributed by atoms with Crippen molar-refractivity contribution in [1.29, 1.82) is 0 Å². The van der Waals surface area contributed by atoms with Gasteiger partial charge in [0.05, 0.1) is 7.11 Å². The number of likely N-dealkylation sites (tertiary alicyclic amines) is 1. The number of hydrogen-bond acceptors (Lipinski definition) is 4. The summed E-state index contributed by atoms with van der Waals surface area (Å²) in [6.45, 7) is 1.66. The Bertz CT molecular complexity index is 820. The topological polar surface area (TPSA) is 55.8 Å². The van der Waals surface area contributed by atoms with Gasteiger partial charge >= 0.3 is 0 Å². The quantitative estimate of drug-likeness (QED) is 0.556. The van der Waals surface area contributed by atoms with Crippen LogP contribution in [0.4, 0.5) is 0 Å². The van der Waals surface area contributed by atoms with Crippen LogP contribution in [-0.2, 0) is 4.79 Å². The van der Waals surface area contributed by atoms with Crippen molar-refractivity contribution in [2.45, 2.75) is 12.8 Å². The minimum absolute atomic E-state index is 0.00685. The average molecular weight is 365 g/mol. The number of amides is 1. The molecule has 1 saturated heterocycles. The molecular formula is C22H23NO4. The Kier molecular flexibility index (Phi) is 6.26. The van der Waals surface area contributed by atoms with Crippen molar-refractivity contribution in [3.8, 4) is 11.5 Å². The molecule has 1 heterocycles. The molecule has 0 aromatic heterocycles. The molecule has 0 bridgehead atoms. The van der Waals surface area contributed by atoms with Crippen LogP contribution >= 0.6 is 0 Å². The van der Waals surface area contributed by atoms with Crippen molar-refractivity contribution >= 4 is 17.8 Å². The van der Waals surface area contributed by atoms with Crippen molar-refractivity contribution in [2.24, 2.45) is 0 Å². The van der Waals surface area contributed by atoms with E-state index in [2.05, 4.69) is 0 Å². The third kappa shape index (κ3) is 4.97. The van der Waals surface area contributed by atoms with Gasteiger partial charge in [-0.05, 0) is 55.3 Å². The van der Waals surface area contributed by atoms with Crippen LogP contribution < -0.4 is 9.47 Å². The highest BCUT2D eigenvalue weighted by Crippen LogP contribution is 2.19. The van der Waals surface area contributed by atoms with E-state index < -0.39 is 0 Å². The molecule has 0 saturated carbocycles. The lowest BCUT2D eigenvalue weighted by molar-refractivity contribution is -0.132. The van der Waals surface area contributed by atoms with Crippen LogP contribution in [0, 0.1) is 0 Å². The molecule has 5 heteroatoms. The molecule has 1 fully saturated rings. The largest absolute Gasteiger partial charge is 0.496 e. The summed E-state index contributed by atoms with van der Waals surface area (Å²) in [5, 5.41) is 0. The summed E-state index contributed by atoms with van der Waals surface area (Å²) >= 11 is 0. The van der Waals surface area contributed by atoms with Crippen molar-refractivity contribution in [3.63, 3.8) is 0 Å². The molecule has 2 aromatic carbocycles. The maximum Gasteiger partial charge on any atom is 0.260 e. The number of hydrogen-bond donors (Lipinski definition) is 0. The molecule has 1 amide bonds. The van der Waals surface area contributed by atoms with Crippen molar-refractivity contribution in [2.75, 3.05) is 26.8 Å². The first-order chi connectivity index (χ1) is 13.2. The fourth-order valence-corrected chi connectivity index (χ4v) is 2.98. The Morgan fingerprint density at radius 3 is 2.44 bits per heavy atom. The number of rotatable bonds is 7. The molecule has 0 radical (unpaired) electrons. The Morgan fingerprint density at radius 1 is 1.04 bits per heavy atom. The van der Waals surface area contributed by atoms with E-state index in [1.54, 1.807) is 37.5 Å². The lowest BCUT2D eigenvalue weighted by atomic mass is 10.1. The molecule has 140 valence electrons. The Morgan fingerprint density at radius 2 is 1.74 bits per heavy atom. The van der Waals surface area contributed by atoms with Crippen molar-refractivity contribution in [1.82, 2.24) is 4.90 Å². The summed E-state index contributed by atoms with van der Waals surface area (Å²) < 4.78 is 10.8. The third-order valence-electron chi connectivity index (χ3n) is 4.51. The van der Waals surface area contributed by atoms with Gasteiger partial charge in [0.1, 0.15) is 11.5 Å². The van der Waals surface area contributed by atoms with Gasteiger partial charge in [-0.15, -0.1) is 0 Å². The molecule has 3 rings (SSSR count). The van der Waals surface area contributed by atoms with Gasteiger partial charge in [0.15, 0.2) is 12.4 Å². The fraction of sp³-hybridized carbons (Fsp3) is 0.273. The highest BCUT2D eigenvalue weighted by atomic mass is 16.5. The highest BCUT2D eigenvalue weighted by Gasteiger charge is 2.18. The molecule has 0 aliphatic carbocycles. The molecule has 0 unspecified atom stereocenters. The van der Waals surface area contributed by atoms with Gasteiger partial charge in [-0.25, -0.2) is 0 Å². The maximum atomic E-state index is 12.3. The van der Waals surface area contributed by atoms with Crippen molar-refractivity contribution in [3.05, 3.63) is 65.7 Å². The standard InChI is InChI=1S/C22H23NO4/c1-26-21-7-3-2-6-18(21)10-13-20(24)17-8-11-19(12-9-17)27-16-22(25)23-14-4-5-15-23/h2-3,6-13H,4-5,14-16H2,1H3/b13-10+. The zero-order chi connectivity index (χ0) is 19.1. The zero-order valence-electron chi connectivity index (χ0n) is 15.4. The second-order valence-electron chi connectivity index (χ2n) is 6.34. The minimum atomic E-state index is -0.111. The SMILES string of the molecule is COc1ccccc1/C=C/C(=O)c1ccc(OCC(=O)N2CCCC2)cc1. The van der Waals surface area contributed by atoms with E-state index in [1.165, 1.54) is 6.08 Å². The molecule has 27 heavy (non-hydrogen) atoms. The first-order valence-electron chi connectivity index (χ1n) is 9.03. The summed E-state index contributed by atoms with van der Waals surface area (Å²) in [4.78, 5) is 26.2. The number of ketones is 1. The van der Waals surface area contributed by atoms with Gasteiger partial charge in [0.2, 0.25) is 0 Å². The predicted molar refractivity (Wildman–Crippen MR) is 104 cm³/mol. The number of para-hydroxylation sites is 1. The van der Waals surface area contributed by atoms with E-state index in [-0.39, 0.29) is 18.3 Å². The van der Waals surface area contributed by atoms with E-state index in [9.17, 15) is 9.59 Å². The lowest BCUT2D eigenvalue weighted by Gasteiger charge is -2.15. The van der Waals surface area contributed by atoms with Crippen LogP contribution in [-0.4, -0.2) is 43.4 Å². The molecular weight excluding hydrogens is 342 g/mol. The van der Waals surface area contributed by atoms with E-state index in [1.807, 2.05) is 29.2 Å². The number of nitrogens with zero attached hydrogens (tertiary/aromatic N) is 1. The number of allylic oxidation sites excluding steroid dienone is 1. The number of carbonyl (C=O) groups excluding carboxylic acids is 2. The number of carbonyl (C=O) groups is 2. The number of ether oxygens (including phenoxy) is 2. The van der Waals surface area contributed by atoms with Crippen LogP contribution in [0.1, 0.15) is 28.8 Å². The van der Waals surface area contributed by atoms with Gasteiger partial charge in [0.25, 0.3) is 5.91 Å².